The minimum Gasteiger partial charge on any atom is -0.456 e. The molecule has 13 aromatic rings. The van der Waals surface area contributed by atoms with E-state index < -0.39 is 0 Å². The van der Waals surface area contributed by atoms with E-state index >= 15 is 0 Å². The minimum absolute atomic E-state index is 0.275. The van der Waals surface area contributed by atoms with E-state index in [9.17, 15) is 0 Å². The largest absolute Gasteiger partial charge is 0.456 e. The van der Waals surface area contributed by atoms with E-state index in [1.54, 1.807) is 0 Å². The molecule has 0 unspecified atom stereocenters. The van der Waals surface area contributed by atoms with E-state index in [1.165, 1.54) is 92.6 Å². The number of aryl methyl sites for hydroxylation is 2. The predicted molar refractivity (Wildman–Crippen MR) is 290 cm³/mol. The van der Waals surface area contributed by atoms with Crippen molar-refractivity contribution in [1.29, 1.82) is 0 Å². The van der Waals surface area contributed by atoms with Gasteiger partial charge >= 0.3 is 0 Å². The molecule has 1 aromatic heterocycles. The van der Waals surface area contributed by atoms with Crippen LogP contribution in [-0.2, 0) is 5.41 Å². The van der Waals surface area contributed by atoms with E-state index in [1.807, 2.05) is 0 Å². The van der Waals surface area contributed by atoms with Crippen LogP contribution in [0.4, 0.5) is 34.1 Å². The topological polar surface area (TPSA) is 19.6 Å². The molecule has 0 fully saturated rings. The zero-order chi connectivity index (χ0) is 45.4. The fraction of sp³-hybridized carbons (Fsp3) is 0.0769. The first-order valence-corrected chi connectivity index (χ1v) is 23.7. The molecule has 0 atom stereocenters. The maximum Gasteiger partial charge on any atom is 0.137 e. The predicted octanol–water partition coefficient (Wildman–Crippen LogP) is 18.7. The number of hydrogen-bond donors (Lipinski definition) is 0. The Morgan fingerprint density at radius 3 is 1.38 bits per heavy atom. The normalized spacial score (nSPS) is 13.4. The van der Waals surface area contributed by atoms with E-state index in [-0.39, 0.29) is 5.41 Å². The van der Waals surface area contributed by atoms with Crippen LogP contribution in [-0.4, -0.2) is 0 Å². The Balaban J connectivity index is 0.973. The van der Waals surface area contributed by atoms with E-state index in [0.29, 0.717) is 0 Å². The van der Waals surface area contributed by atoms with Gasteiger partial charge in [0.25, 0.3) is 0 Å². The number of hydrogen-bond acceptors (Lipinski definition) is 3. The van der Waals surface area contributed by atoms with Crippen LogP contribution < -0.4 is 9.80 Å². The van der Waals surface area contributed by atoms with Crippen LogP contribution in [0.25, 0.3) is 86.6 Å². The monoisotopic (exact) mass is 870 g/mol. The summed E-state index contributed by atoms with van der Waals surface area (Å²) in [6, 6.07) is 76.6. The Morgan fingerprint density at radius 2 is 0.779 bits per heavy atom. The van der Waals surface area contributed by atoms with Crippen LogP contribution in [0.3, 0.4) is 0 Å². The number of para-hydroxylation sites is 1. The Bertz CT molecular complexity index is 4190. The molecule has 14 rings (SSSR count). The number of furan rings is 1. The van der Waals surface area contributed by atoms with Crippen molar-refractivity contribution in [3.63, 3.8) is 0 Å². The van der Waals surface area contributed by atoms with Crippen LogP contribution in [0.5, 0.6) is 0 Å². The van der Waals surface area contributed by atoms with E-state index in [0.717, 1.165) is 50.4 Å². The molecule has 0 spiro atoms. The lowest BCUT2D eigenvalue weighted by Crippen LogP contribution is -2.30. The molecule has 0 N–H and O–H groups in total. The van der Waals surface area contributed by atoms with Crippen molar-refractivity contribution >= 4 is 121 Å². The van der Waals surface area contributed by atoms with Gasteiger partial charge in [0.1, 0.15) is 11.2 Å². The number of benzene rings is 12. The zero-order valence-corrected chi connectivity index (χ0v) is 38.4. The SMILES string of the molecule is Cc1ccc(N(c2ccc(C)cc2)c2ccc3c4ccc(N5c6ccccc6C(C)(C)c6cc7c(cc65)oc5cc6c8ccccc8c8ccccc8c6cc57)cc4c4ccccc4c3c2)cc1. The zero-order valence-electron chi connectivity index (χ0n) is 38.4. The molecule has 1 aliphatic rings. The van der Waals surface area contributed by atoms with Gasteiger partial charge in [-0.2, -0.15) is 0 Å². The molecule has 12 aromatic carbocycles. The van der Waals surface area contributed by atoms with Gasteiger partial charge in [-0.25, -0.2) is 0 Å². The highest BCUT2D eigenvalue weighted by molar-refractivity contribution is 6.29. The van der Waals surface area contributed by atoms with Gasteiger partial charge in [0, 0.05) is 45.0 Å². The Hall–Kier alpha value is -8.40. The van der Waals surface area contributed by atoms with Crippen molar-refractivity contribution in [3.8, 4) is 0 Å². The second kappa shape index (κ2) is 14.3. The summed E-state index contributed by atoms with van der Waals surface area (Å²) in [6.45, 7) is 9.04. The number of fused-ring (bicyclic) bond motifs is 17. The molecule has 0 bridgehead atoms. The summed E-state index contributed by atoms with van der Waals surface area (Å²) < 4.78 is 6.97. The van der Waals surface area contributed by atoms with Crippen LogP contribution in [0, 0.1) is 13.8 Å². The average Bonchev–Trinajstić information content (AvgIpc) is 3.73. The smallest absolute Gasteiger partial charge is 0.137 e. The molecular formula is C65H46N2O. The highest BCUT2D eigenvalue weighted by Gasteiger charge is 2.38. The summed E-state index contributed by atoms with van der Waals surface area (Å²) in [6.07, 6.45) is 0. The lowest BCUT2D eigenvalue weighted by molar-refractivity contribution is 0.630. The summed E-state index contributed by atoms with van der Waals surface area (Å²) in [5.41, 5.74) is 13.4. The summed E-state index contributed by atoms with van der Waals surface area (Å²) >= 11 is 0. The van der Waals surface area contributed by atoms with Crippen molar-refractivity contribution in [3.05, 3.63) is 229 Å². The number of nitrogens with zero attached hydrogens (tertiary/aromatic N) is 2. The molecule has 0 radical (unpaired) electrons. The van der Waals surface area contributed by atoms with E-state index in [4.69, 9.17) is 4.42 Å². The molecule has 3 nitrogen and oxygen atoms in total. The lowest BCUT2D eigenvalue weighted by Gasteiger charge is -2.42. The van der Waals surface area contributed by atoms with Crippen molar-refractivity contribution in [2.24, 2.45) is 0 Å². The fourth-order valence-corrected chi connectivity index (χ4v) is 11.7. The third-order valence-corrected chi connectivity index (χ3v) is 15.1. The molecule has 3 heteroatoms. The van der Waals surface area contributed by atoms with Crippen LogP contribution in [0.2, 0.25) is 0 Å². The maximum atomic E-state index is 6.97. The first-order chi connectivity index (χ1) is 33.3. The highest BCUT2D eigenvalue weighted by atomic mass is 16.3. The minimum atomic E-state index is -0.275. The first kappa shape index (κ1) is 38.8. The van der Waals surface area contributed by atoms with Crippen molar-refractivity contribution in [2.75, 3.05) is 9.80 Å². The second-order valence-electron chi connectivity index (χ2n) is 19.4. The quantitative estimate of drug-likeness (QED) is 0.164. The van der Waals surface area contributed by atoms with Crippen LogP contribution in [0.15, 0.2) is 211 Å². The Labute approximate surface area is 394 Å². The highest BCUT2D eigenvalue weighted by Crippen LogP contribution is 2.55. The fourth-order valence-electron chi connectivity index (χ4n) is 11.7. The van der Waals surface area contributed by atoms with E-state index in [2.05, 4.69) is 244 Å². The Morgan fingerprint density at radius 1 is 0.338 bits per heavy atom. The molecular weight excluding hydrogens is 825 g/mol. The van der Waals surface area contributed by atoms with Crippen molar-refractivity contribution in [1.82, 2.24) is 0 Å². The molecule has 0 amide bonds. The number of anilines is 6. The molecule has 0 saturated carbocycles. The lowest BCUT2D eigenvalue weighted by atomic mass is 9.73. The average molecular weight is 871 g/mol. The molecule has 1 aliphatic heterocycles. The summed E-state index contributed by atoms with van der Waals surface area (Å²) in [7, 11) is 0. The second-order valence-corrected chi connectivity index (χ2v) is 19.4. The van der Waals surface area contributed by atoms with Gasteiger partial charge in [-0.15, -0.1) is 0 Å². The van der Waals surface area contributed by atoms with Gasteiger partial charge in [-0.05, 0) is 162 Å². The van der Waals surface area contributed by atoms with Gasteiger partial charge in [0.15, 0.2) is 0 Å². The molecule has 0 aliphatic carbocycles. The van der Waals surface area contributed by atoms with Crippen molar-refractivity contribution in [2.45, 2.75) is 33.1 Å². The Kier molecular flexibility index (Phi) is 8.17. The summed E-state index contributed by atoms with van der Waals surface area (Å²) in [5, 5.41) is 17.2. The van der Waals surface area contributed by atoms with Gasteiger partial charge < -0.3 is 14.2 Å². The van der Waals surface area contributed by atoms with Crippen LogP contribution >= 0.6 is 0 Å². The van der Waals surface area contributed by atoms with Gasteiger partial charge in [0.05, 0.1) is 11.4 Å². The molecule has 322 valence electrons. The number of rotatable bonds is 4. The van der Waals surface area contributed by atoms with Crippen molar-refractivity contribution < 1.29 is 4.42 Å². The van der Waals surface area contributed by atoms with Gasteiger partial charge in [-0.1, -0.05) is 152 Å². The molecule has 68 heavy (non-hydrogen) atoms. The van der Waals surface area contributed by atoms with Crippen LogP contribution in [0.1, 0.15) is 36.1 Å². The standard InChI is InChI=1S/C65H46N2O/c1-39-21-25-41(26-22-39)66(42-27-23-40(2)24-28-42)43-29-31-51-52-32-30-44(34-54(52)50-18-10-9-17-49(50)53(51)33-43)67-61-20-12-11-19-59(61)65(3,4)60-36-58-57-35-55-47-15-7-5-13-45(47)46-14-6-8-16-48(46)56(55)37-63(57)68-64(58)38-62(60)67/h5-38H,1-4H3. The third-order valence-electron chi connectivity index (χ3n) is 15.1. The summed E-state index contributed by atoms with van der Waals surface area (Å²) in [5.74, 6) is 0. The maximum absolute atomic E-state index is 6.97. The summed E-state index contributed by atoms with van der Waals surface area (Å²) in [4.78, 5) is 4.85. The molecule has 0 saturated heterocycles. The van der Waals surface area contributed by atoms with Gasteiger partial charge in [-0.3, -0.25) is 0 Å². The first-order valence-electron chi connectivity index (χ1n) is 23.7. The van der Waals surface area contributed by atoms with Gasteiger partial charge in [0.2, 0.25) is 0 Å². The third kappa shape index (κ3) is 5.60. The molecule has 2 heterocycles.